The van der Waals surface area contributed by atoms with Crippen molar-refractivity contribution in [3.63, 3.8) is 0 Å². The van der Waals surface area contributed by atoms with Gasteiger partial charge in [-0.15, -0.1) is 0 Å². The van der Waals surface area contributed by atoms with Gasteiger partial charge in [-0.1, -0.05) is 6.42 Å². The Kier molecular flexibility index (Phi) is 1.72. The highest BCUT2D eigenvalue weighted by atomic mass is 16.8. The largest absolute Gasteiger partial charge is 0.509 e. The van der Waals surface area contributed by atoms with Crippen molar-refractivity contribution in [1.82, 2.24) is 0 Å². The van der Waals surface area contributed by atoms with Crippen LogP contribution in [-0.4, -0.2) is 18.4 Å². The van der Waals surface area contributed by atoms with Crippen molar-refractivity contribution < 1.29 is 14.3 Å². The molecule has 1 aliphatic carbocycles. The molecule has 0 aromatic heterocycles. The summed E-state index contributed by atoms with van der Waals surface area (Å²) in [6.07, 6.45) is 5.19. The summed E-state index contributed by atoms with van der Waals surface area (Å²) in [6, 6.07) is 0. The lowest BCUT2D eigenvalue weighted by atomic mass is 10.1. The molecule has 3 heteroatoms. The van der Waals surface area contributed by atoms with E-state index in [9.17, 15) is 4.79 Å². The molecule has 0 unspecified atom stereocenters. The van der Waals surface area contributed by atoms with Crippen molar-refractivity contribution in [2.24, 2.45) is 0 Å². The van der Waals surface area contributed by atoms with Gasteiger partial charge in [-0.2, -0.15) is 0 Å². The van der Waals surface area contributed by atoms with E-state index in [0.717, 1.165) is 25.7 Å². The van der Waals surface area contributed by atoms with E-state index in [2.05, 4.69) is 0 Å². The fourth-order valence-electron chi connectivity index (χ4n) is 1.78. The van der Waals surface area contributed by atoms with Gasteiger partial charge in [-0.05, 0) is 25.7 Å². The van der Waals surface area contributed by atoms with E-state index >= 15 is 0 Å². The lowest BCUT2D eigenvalue weighted by Gasteiger charge is -2.09. The molecule has 0 aromatic rings. The monoisotopic (exact) mass is 156 g/mol. The maximum Gasteiger partial charge on any atom is 0.509 e. The summed E-state index contributed by atoms with van der Waals surface area (Å²) in [5, 5.41) is 0. The Morgan fingerprint density at radius 3 is 2.09 bits per heavy atom. The number of hydrogen-bond donors (Lipinski definition) is 0. The maximum atomic E-state index is 10.7. The van der Waals surface area contributed by atoms with Crippen LogP contribution < -0.4 is 0 Å². The smallest absolute Gasteiger partial charge is 0.427 e. The fraction of sp³-hybridized carbons (Fsp3) is 0.875. The van der Waals surface area contributed by atoms with Crippen molar-refractivity contribution in [2.75, 3.05) is 0 Å². The molecule has 2 atom stereocenters. The van der Waals surface area contributed by atoms with E-state index in [-0.39, 0.29) is 12.2 Å². The van der Waals surface area contributed by atoms with E-state index in [1.54, 1.807) is 0 Å². The minimum atomic E-state index is -0.470. The third-order valence-electron chi connectivity index (χ3n) is 2.39. The molecule has 62 valence electrons. The van der Waals surface area contributed by atoms with Gasteiger partial charge >= 0.3 is 6.16 Å². The van der Waals surface area contributed by atoms with E-state index in [0.29, 0.717) is 0 Å². The predicted molar refractivity (Wildman–Crippen MR) is 38.2 cm³/mol. The second-order valence-electron chi connectivity index (χ2n) is 3.20. The Morgan fingerprint density at radius 2 is 1.55 bits per heavy atom. The highest BCUT2D eigenvalue weighted by Crippen LogP contribution is 2.27. The summed E-state index contributed by atoms with van der Waals surface area (Å²) in [5.41, 5.74) is 0. The Bertz CT molecular complexity index is 151. The van der Waals surface area contributed by atoms with Crippen molar-refractivity contribution in [3.8, 4) is 0 Å². The van der Waals surface area contributed by atoms with E-state index < -0.39 is 6.16 Å². The minimum absolute atomic E-state index is 0.0602. The van der Waals surface area contributed by atoms with Crippen molar-refractivity contribution in [3.05, 3.63) is 0 Å². The summed E-state index contributed by atoms with van der Waals surface area (Å²) >= 11 is 0. The fourth-order valence-corrected chi connectivity index (χ4v) is 1.78. The number of carbonyl (C=O) groups is 1. The molecule has 0 bridgehead atoms. The first-order valence-corrected chi connectivity index (χ1v) is 4.23. The second-order valence-corrected chi connectivity index (χ2v) is 3.20. The molecule has 3 nitrogen and oxygen atoms in total. The summed E-state index contributed by atoms with van der Waals surface area (Å²) in [4.78, 5) is 10.7. The Morgan fingerprint density at radius 1 is 1.00 bits per heavy atom. The van der Waals surface area contributed by atoms with Crippen LogP contribution in [0.25, 0.3) is 0 Å². The average Bonchev–Trinajstić information content (AvgIpc) is 2.17. The summed E-state index contributed by atoms with van der Waals surface area (Å²) < 4.78 is 9.97. The van der Waals surface area contributed by atoms with Gasteiger partial charge in [0.1, 0.15) is 12.2 Å². The van der Waals surface area contributed by atoms with Crippen LogP contribution in [0, 0.1) is 0 Å². The number of ether oxygens (including phenoxy) is 2. The van der Waals surface area contributed by atoms with Crippen molar-refractivity contribution in [1.29, 1.82) is 0 Å². The standard InChI is InChI=1S/C8H12O3/c9-8-10-6-4-2-1-3-5-7(6)11-8/h6-7H,1-5H2/t6-,7+. The molecule has 1 saturated heterocycles. The molecule has 11 heavy (non-hydrogen) atoms. The van der Waals surface area contributed by atoms with Gasteiger partial charge in [-0.25, -0.2) is 4.79 Å². The molecule has 0 amide bonds. The van der Waals surface area contributed by atoms with Gasteiger partial charge in [0.15, 0.2) is 0 Å². The summed E-state index contributed by atoms with van der Waals surface area (Å²) in [7, 11) is 0. The highest BCUT2D eigenvalue weighted by Gasteiger charge is 2.36. The van der Waals surface area contributed by atoms with Crippen LogP contribution in [-0.2, 0) is 9.47 Å². The predicted octanol–water partition coefficient (Wildman–Crippen LogP) is 1.85. The minimum Gasteiger partial charge on any atom is -0.427 e. The molecule has 1 heterocycles. The van der Waals surface area contributed by atoms with Gasteiger partial charge < -0.3 is 9.47 Å². The number of carbonyl (C=O) groups excluding carboxylic acids is 1. The molecule has 2 rings (SSSR count). The number of rotatable bonds is 0. The van der Waals surface area contributed by atoms with Gasteiger partial charge in [0.25, 0.3) is 0 Å². The van der Waals surface area contributed by atoms with Crippen LogP contribution in [0.3, 0.4) is 0 Å². The Labute approximate surface area is 65.7 Å². The third kappa shape index (κ3) is 1.32. The molecule has 0 radical (unpaired) electrons. The second kappa shape index (κ2) is 2.72. The average molecular weight is 156 g/mol. The molecule has 2 aliphatic rings. The highest BCUT2D eigenvalue weighted by molar-refractivity contribution is 5.62. The third-order valence-corrected chi connectivity index (χ3v) is 2.39. The zero-order chi connectivity index (χ0) is 7.68. The molecular formula is C8H12O3. The SMILES string of the molecule is O=C1O[C@H]2CCCCC[C@H]2O1. The van der Waals surface area contributed by atoms with E-state index in [4.69, 9.17) is 9.47 Å². The molecular weight excluding hydrogens is 144 g/mol. The van der Waals surface area contributed by atoms with Crippen LogP contribution in [0.4, 0.5) is 4.79 Å². The summed E-state index contributed by atoms with van der Waals surface area (Å²) in [6.45, 7) is 0. The summed E-state index contributed by atoms with van der Waals surface area (Å²) in [5.74, 6) is 0. The molecule has 0 aromatic carbocycles. The van der Waals surface area contributed by atoms with Crippen LogP contribution in [0.1, 0.15) is 32.1 Å². The lowest BCUT2D eigenvalue weighted by molar-refractivity contribution is 0.112. The molecule has 2 fully saturated rings. The zero-order valence-electron chi connectivity index (χ0n) is 6.41. The normalized spacial score (nSPS) is 36.9. The van der Waals surface area contributed by atoms with Crippen LogP contribution >= 0.6 is 0 Å². The first kappa shape index (κ1) is 6.95. The topological polar surface area (TPSA) is 35.5 Å². The molecule has 1 saturated carbocycles. The lowest BCUT2D eigenvalue weighted by Crippen LogP contribution is -2.20. The van der Waals surface area contributed by atoms with Crippen LogP contribution in [0.2, 0.25) is 0 Å². The molecule has 0 spiro atoms. The number of hydrogen-bond acceptors (Lipinski definition) is 3. The van der Waals surface area contributed by atoms with Crippen LogP contribution in [0.15, 0.2) is 0 Å². The van der Waals surface area contributed by atoms with Gasteiger partial charge in [-0.3, -0.25) is 0 Å². The quantitative estimate of drug-likeness (QED) is 0.502. The first-order valence-electron chi connectivity index (χ1n) is 4.23. The van der Waals surface area contributed by atoms with Gasteiger partial charge in [0.05, 0.1) is 0 Å². The van der Waals surface area contributed by atoms with Crippen molar-refractivity contribution >= 4 is 6.16 Å². The van der Waals surface area contributed by atoms with Crippen molar-refractivity contribution in [2.45, 2.75) is 44.3 Å². The zero-order valence-corrected chi connectivity index (χ0v) is 6.41. The Hall–Kier alpha value is -0.730. The van der Waals surface area contributed by atoms with E-state index in [1.807, 2.05) is 0 Å². The van der Waals surface area contributed by atoms with Gasteiger partial charge in [0.2, 0.25) is 0 Å². The van der Waals surface area contributed by atoms with E-state index in [1.165, 1.54) is 6.42 Å². The molecule has 0 N–H and O–H groups in total. The Balaban J connectivity index is 2.01. The first-order chi connectivity index (χ1) is 5.36. The number of fused-ring (bicyclic) bond motifs is 1. The maximum absolute atomic E-state index is 10.7. The molecule has 1 aliphatic heterocycles. The van der Waals surface area contributed by atoms with Crippen LogP contribution in [0.5, 0.6) is 0 Å². The van der Waals surface area contributed by atoms with Gasteiger partial charge in [0, 0.05) is 0 Å².